The van der Waals surface area contributed by atoms with E-state index in [-0.39, 0.29) is 5.78 Å². The first-order valence-corrected chi connectivity index (χ1v) is 2.76. The summed E-state index contributed by atoms with van der Waals surface area (Å²) in [6, 6.07) is 0. The fourth-order valence-corrected chi connectivity index (χ4v) is 0.637. The van der Waals surface area contributed by atoms with E-state index in [9.17, 15) is 4.79 Å². The third-order valence-electron chi connectivity index (χ3n) is 1.28. The smallest absolute Gasteiger partial charge is 0.190 e. The number of carbonyl (C=O) groups is 1. The molecule has 1 rings (SSSR count). The SMILES string of the molecule is CC1(O)C=CC=CC1=O. The molecule has 48 valence electrons. The number of allylic oxidation sites excluding steroid dienone is 2. The zero-order valence-electron chi connectivity index (χ0n) is 5.16. The molecule has 1 aliphatic rings. The molecule has 0 saturated heterocycles. The Morgan fingerprint density at radius 3 is 2.56 bits per heavy atom. The van der Waals surface area contributed by atoms with Crippen LogP contribution in [0.15, 0.2) is 24.3 Å². The lowest BCUT2D eigenvalue weighted by molar-refractivity contribution is -0.126. The molecule has 0 aromatic carbocycles. The van der Waals surface area contributed by atoms with E-state index in [1.165, 1.54) is 19.1 Å². The molecule has 0 amide bonds. The predicted molar refractivity (Wildman–Crippen MR) is 33.9 cm³/mol. The van der Waals surface area contributed by atoms with E-state index in [2.05, 4.69) is 0 Å². The van der Waals surface area contributed by atoms with Gasteiger partial charge in [0.15, 0.2) is 5.78 Å². The Labute approximate surface area is 53.5 Å². The van der Waals surface area contributed by atoms with Crippen LogP contribution in [-0.2, 0) is 4.79 Å². The van der Waals surface area contributed by atoms with Gasteiger partial charge in [-0.15, -0.1) is 0 Å². The summed E-state index contributed by atoms with van der Waals surface area (Å²) in [6.45, 7) is 1.47. The Balaban J connectivity index is 2.91. The molecule has 1 unspecified atom stereocenters. The molecule has 0 aliphatic heterocycles. The van der Waals surface area contributed by atoms with E-state index < -0.39 is 5.60 Å². The molecule has 0 bridgehead atoms. The summed E-state index contributed by atoms with van der Waals surface area (Å²) in [7, 11) is 0. The third-order valence-corrected chi connectivity index (χ3v) is 1.28. The zero-order valence-corrected chi connectivity index (χ0v) is 5.16. The number of rotatable bonds is 0. The molecular formula is C7H8O2. The maximum absolute atomic E-state index is 10.7. The normalized spacial score (nSPS) is 33.3. The Morgan fingerprint density at radius 2 is 2.22 bits per heavy atom. The van der Waals surface area contributed by atoms with E-state index in [0.29, 0.717) is 0 Å². The summed E-state index contributed by atoms with van der Waals surface area (Å²) in [5.74, 6) is -0.259. The van der Waals surface area contributed by atoms with Crippen LogP contribution in [0.1, 0.15) is 6.92 Å². The van der Waals surface area contributed by atoms with Gasteiger partial charge in [0, 0.05) is 0 Å². The van der Waals surface area contributed by atoms with Crippen molar-refractivity contribution in [2.45, 2.75) is 12.5 Å². The topological polar surface area (TPSA) is 37.3 Å². The van der Waals surface area contributed by atoms with Crippen LogP contribution in [0.3, 0.4) is 0 Å². The monoisotopic (exact) mass is 124 g/mol. The highest BCUT2D eigenvalue weighted by Crippen LogP contribution is 2.11. The minimum absolute atomic E-state index is 0.259. The number of ketones is 1. The number of hydrogen-bond acceptors (Lipinski definition) is 2. The van der Waals surface area contributed by atoms with Gasteiger partial charge in [0.05, 0.1) is 0 Å². The highest BCUT2D eigenvalue weighted by atomic mass is 16.3. The minimum Gasteiger partial charge on any atom is -0.378 e. The fraction of sp³-hybridized carbons (Fsp3) is 0.286. The van der Waals surface area contributed by atoms with Crippen molar-refractivity contribution in [3.05, 3.63) is 24.3 Å². The van der Waals surface area contributed by atoms with Crippen molar-refractivity contribution in [1.29, 1.82) is 0 Å². The van der Waals surface area contributed by atoms with E-state index >= 15 is 0 Å². The fourth-order valence-electron chi connectivity index (χ4n) is 0.637. The van der Waals surface area contributed by atoms with Gasteiger partial charge in [-0.05, 0) is 19.1 Å². The molecular weight excluding hydrogens is 116 g/mol. The first kappa shape index (κ1) is 6.23. The molecule has 0 spiro atoms. The van der Waals surface area contributed by atoms with Crippen LogP contribution in [0.25, 0.3) is 0 Å². The molecule has 2 nitrogen and oxygen atoms in total. The van der Waals surface area contributed by atoms with Crippen LogP contribution in [0.4, 0.5) is 0 Å². The summed E-state index contributed by atoms with van der Waals surface area (Å²) in [5, 5.41) is 9.16. The van der Waals surface area contributed by atoms with Gasteiger partial charge in [-0.25, -0.2) is 0 Å². The average Bonchev–Trinajstić information content (AvgIpc) is 1.77. The van der Waals surface area contributed by atoms with Gasteiger partial charge in [0.1, 0.15) is 5.60 Å². The summed E-state index contributed by atoms with van der Waals surface area (Å²) in [4.78, 5) is 10.7. The highest BCUT2D eigenvalue weighted by Gasteiger charge is 2.25. The van der Waals surface area contributed by atoms with Crippen LogP contribution < -0.4 is 0 Å². The molecule has 0 saturated carbocycles. The Kier molecular flexibility index (Phi) is 1.25. The van der Waals surface area contributed by atoms with Crippen molar-refractivity contribution in [2.24, 2.45) is 0 Å². The average molecular weight is 124 g/mol. The molecule has 2 heteroatoms. The largest absolute Gasteiger partial charge is 0.378 e. The van der Waals surface area contributed by atoms with Crippen LogP contribution >= 0.6 is 0 Å². The first-order valence-electron chi connectivity index (χ1n) is 2.76. The zero-order chi connectivity index (χ0) is 6.91. The molecule has 0 radical (unpaired) electrons. The minimum atomic E-state index is -1.27. The van der Waals surface area contributed by atoms with Crippen LogP contribution in [0, 0.1) is 0 Å². The van der Waals surface area contributed by atoms with Gasteiger partial charge in [0.25, 0.3) is 0 Å². The summed E-state index contributed by atoms with van der Waals surface area (Å²) in [5.41, 5.74) is -1.27. The second-order valence-corrected chi connectivity index (χ2v) is 2.23. The summed E-state index contributed by atoms with van der Waals surface area (Å²) >= 11 is 0. The van der Waals surface area contributed by atoms with E-state index in [1.807, 2.05) is 0 Å². The van der Waals surface area contributed by atoms with Crippen LogP contribution in [0.2, 0.25) is 0 Å². The lowest BCUT2D eigenvalue weighted by atomic mass is 9.97. The van der Waals surface area contributed by atoms with Crippen molar-refractivity contribution >= 4 is 5.78 Å². The van der Waals surface area contributed by atoms with Gasteiger partial charge < -0.3 is 5.11 Å². The molecule has 1 atom stereocenters. The number of aliphatic hydroxyl groups is 1. The molecule has 0 aromatic heterocycles. The Hall–Kier alpha value is -0.890. The van der Waals surface area contributed by atoms with Crippen LogP contribution in [-0.4, -0.2) is 16.5 Å². The van der Waals surface area contributed by atoms with Crippen molar-refractivity contribution < 1.29 is 9.90 Å². The van der Waals surface area contributed by atoms with E-state index in [4.69, 9.17) is 5.11 Å². The summed E-state index contributed by atoms with van der Waals surface area (Å²) < 4.78 is 0. The Morgan fingerprint density at radius 1 is 1.56 bits per heavy atom. The molecule has 1 N–H and O–H groups in total. The van der Waals surface area contributed by atoms with Gasteiger partial charge in [-0.1, -0.05) is 12.2 Å². The second kappa shape index (κ2) is 1.81. The van der Waals surface area contributed by atoms with Gasteiger partial charge in [-0.2, -0.15) is 0 Å². The second-order valence-electron chi connectivity index (χ2n) is 2.23. The first-order chi connectivity index (χ1) is 4.13. The van der Waals surface area contributed by atoms with E-state index in [1.54, 1.807) is 12.2 Å². The molecule has 0 aromatic rings. The maximum Gasteiger partial charge on any atom is 0.190 e. The number of carbonyl (C=O) groups excluding carboxylic acids is 1. The Bertz CT molecular complexity index is 187. The summed E-state index contributed by atoms with van der Waals surface area (Å²) in [6.07, 6.45) is 6.09. The van der Waals surface area contributed by atoms with E-state index in [0.717, 1.165) is 0 Å². The molecule has 0 heterocycles. The van der Waals surface area contributed by atoms with Gasteiger partial charge >= 0.3 is 0 Å². The van der Waals surface area contributed by atoms with Crippen molar-refractivity contribution in [1.82, 2.24) is 0 Å². The molecule has 1 aliphatic carbocycles. The third kappa shape index (κ3) is 1.08. The van der Waals surface area contributed by atoms with Crippen molar-refractivity contribution in [2.75, 3.05) is 0 Å². The lowest BCUT2D eigenvalue weighted by Gasteiger charge is -2.16. The standard InChI is InChI=1S/C7H8O2/c1-7(9)5-3-2-4-6(7)8/h2-5,9H,1H3. The lowest BCUT2D eigenvalue weighted by Crippen LogP contribution is -2.32. The highest BCUT2D eigenvalue weighted by molar-refractivity contribution is 5.99. The van der Waals surface area contributed by atoms with Crippen molar-refractivity contribution in [3.8, 4) is 0 Å². The van der Waals surface area contributed by atoms with Gasteiger partial charge in [-0.3, -0.25) is 4.79 Å². The van der Waals surface area contributed by atoms with Gasteiger partial charge in [0.2, 0.25) is 0 Å². The predicted octanol–water partition coefficient (Wildman–Crippen LogP) is 0.432. The number of hydrogen-bond donors (Lipinski definition) is 1. The molecule has 0 fully saturated rings. The molecule has 9 heavy (non-hydrogen) atoms. The van der Waals surface area contributed by atoms with Crippen molar-refractivity contribution in [3.63, 3.8) is 0 Å². The quantitative estimate of drug-likeness (QED) is 0.508. The maximum atomic E-state index is 10.7. The van der Waals surface area contributed by atoms with Crippen LogP contribution in [0.5, 0.6) is 0 Å².